The van der Waals surface area contributed by atoms with Crippen LogP contribution in [0, 0.1) is 0 Å². The Bertz CT molecular complexity index is 993. The zero-order valence-electron chi connectivity index (χ0n) is 23.1. The quantitative estimate of drug-likeness (QED) is 0.438. The van der Waals surface area contributed by atoms with Crippen molar-refractivity contribution < 1.29 is 33.4 Å². The first-order chi connectivity index (χ1) is 17.9. The first kappa shape index (κ1) is 30.6. The summed E-state index contributed by atoms with van der Waals surface area (Å²) in [6.45, 7) is 5.64. The molecule has 210 valence electrons. The first-order valence-corrected chi connectivity index (χ1v) is 12.8. The van der Waals surface area contributed by atoms with Crippen LogP contribution in [-0.2, 0) is 35.1 Å². The van der Waals surface area contributed by atoms with Gasteiger partial charge < -0.3 is 25.0 Å². The smallest absolute Gasteiger partial charge is 0.410 e. The van der Waals surface area contributed by atoms with Crippen LogP contribution in [0.3, 0.4) is 0 Å². The van der Waals surface area contributed by atoms with Crippen molar-refractivity contribution in [2.75, 3.05) is 27.7 Å². The van der Waals surface area contributed by atoms with Crippen LogP contribution in [0.15, 0.2) is 30.3 Å². The van der Waals surface area contributed by atoms with E-state index in [1.165, 1.54) is 31.0 Å². The molecule has 3 atom stereocenters. The SMILES string of the molecule is CNC(=O)CC[C@H](NC(=O)[C@H](Cc1ccccc1)N(C)C(=O)[C@@H]1CCCN1C(=O)OC(C)(C)C)C(=O)OC. The molecule has 1 saturated heterocycles. The van der Waals surface area contributed by atoms with Gasteiger partial charge in [0.05, 0.1) is 7.11 Å². The molecule has 1 fully saturated rings. The maximum atomic E-state index is 13.6. The number of esters is 1. The number of carbonyl (C=O) groups excluding carboxylic acids is 5. The minimum absolute atomic E-state index is 0.00158. The number of nitrogens with one attached hydrogen (secondary N) is 2. The van der Waals surface area contributed by atoms with Gasteiger partial charge in [-0.3, -0.25) is 19.3 Å². The Morgan fingerprint density at radius 2 is 1.79 bits per heavy atom. The number of likely N-dealkylation sites (N-methyl/N-ethyl adjacent to an activating group) is 1. The minimum atomic E-state index is -1.07. The molecule has 0 aliphatic carbocycles. The standard InChI is InChI=1S/C27H40N4O7/c1-27(2,3)38-26(36)31-16-10-13-20(31)24(34)30(5)21(17-18-11-8-7-9-12-18)23(33)29-19(25(35)37-6)14-15-22(32)28-4/h7-9,11-12,19-21H,10,13-17H2,1-6H3,(H,28,32)(H,29,33)/t19-,20-,21-/m0/s1. The van der Waals surface area contributed by atoms with E-state index in [-0.39, 0.29) is 25.2 Å². The van der Waals surface area contributed by atoms with Crippen molar-refractivity contribution in [2.45, 2.75) is 76.6 Å². The molecule has 0 saturated carbocycles. The number of rotatable bonds is 10. The summed E-state index contributed by atoms with van der Waals surface area (Å²) in [4.78, 5) is 66.8. The molecule has 1 aliphatic rings. The predicted molar refractivity (Wildman–Crippen MR) is 140 cm³/mol. The predicted octanol–water partition coefficient (Wildman–Crippen LogP) is 1.64. The number of nitrogens with zero attached hydrogens (tertiary/aromatic N) is 2. The van der Waals surface area contributed by atoms with E-state index in [1.54, 1.807) is 20.8 Å². The highest BCUT2D eigenvalue weighted by molar-refractivity contribution is 5.93. The van der Waals surface area contributed by atoms with Gasteiger partial charge in [-0.15, -0.1) is 0 Å². The Kier molecular flexibility index (Phi) is 11.1. The Morgan fingerprint density at radius 1 is 1.13 bits per heavy atom. The highest BCUT2D eigenvalue weighted by Gasteiger charge is 2.41. The largest absolute Gasteiger partial charge is 0.467 e. The number of ether oxygens (including phenoxy) is 2. The fraction of sp³-hybridized carbons (Fsp3) is 0.593. The molecule has 4 amide bonds. The van der Waals surface area contributed by atoms with Crippen molar-refractivity contribution in [1.29, 1.82) is 0 Å². The fourth-order valence-corrected chi connectivity index (χ4v) is 4.25. The molecule has 0 spiro atoms. The van der Waals surface area contributed by atoms with Crippen LogP contribution in [0.4, 0.5) is 4.79 Å². The molecule has 2 rings (SSSR count). The molecule has 1 aliphatic heterocycles. The van der Waals surface area contributed by atoms with Crippen LogP contribution in [0.2, 0.25) is 0 Å². The van der Waals surface area contributed by atoms with Gasteiger partial charge in [0.25, 0.3) is 0 Å². The number of benzene rings is 1. The zero-order chi connectivity index (χ0) is 28.5. The van der Waals surface area contributed by atoms with E-state index in [2.05, 4.69) is 10.6 Å². The average molecular weight is 533 g/mol. The number of hydrogen-bond donors (Lipinski definition) is 2. The monoisotopic (exact) mass is 532 g/mol. The summed E-state index contributed by atoms with van der Waals surface area (Å²) in [5.41, 5.74) is 0.0923. The van der Waals surface area contributed by atoms with Gasteiger partial charge in [0.15, 0.2) is 0 Å². The summed E-state index contributed by atoms with van der Waals surface area (Å²) in [7, 11) is 4.19. The molecule has 0 unspecified atom stereocenters. The molecule has 0 aromatic heterocycles. The van der Waals surface area contributed by atoms with E-state index in [9.17, 15) is 24.0 Å². The lowest BCUT2D eigenvalue weighted by Crippen LogP contribution is -2.57. The lowest BCUT2D eigenvalue weighted by atomic mass is 10.0. The van der Waals surface area contributed by atoms with Crippen molar-refractivity contribution >= 4 is 29.8 Å². The van der Waals surface area contributed by atoms with Gasteiger partial charge in [0, 0.05) is 33.5 Å². The van der Waals surface area contributed by atoms with Crippen LogP contribution in [0.5, 0.6) is 0 Å². The van der Waals surface area contributed by atoms with Gasteiger partial charge in [-0.2, -0.15) is 0 Å². The highest BCUT2D eigenvalue weighted by Crippen LogP contribution is 2.23. The molecule has 1 heterocycles. The second kappa shape index (κ2) is 13.8. The van der Waals surface area contributed by atoms with Crippen LogP contribution in [0.25, 0.3) is 0 Å². The summed E-state index contributed by atoms with van der Waals surface area (Å²) in [5, 5.41) is 5.14. The number of hydrogen-bond acceptors (Lipinski definition) is 7. The van der Waals surface area contributed by atoms with E-state index in [4.69, 9.17) is 9.47 Å². The van der Waals surface area contributed by atoms with E-state index in [0.717, 1.165) is 5.56 Å². The molecular weight excluding hydrogens is 492 g/mol. The molecule has 1 aromatic rings. The van der Waals surface area contributed by atoms with Crippen LogP contribution >= 0.6 is 0 Å². The van der Waals surface area contributed by atoms with Crippen molar-refractivity contribution in [3.8, 4) is 0 Å². The molecule has 11 heteroatoms. The molecule has 2 N–H and O–H groups in total. The Balaban J connectivity index is 2.28. The average Bonchev–Trinajstić information content (AvgIpc) is 3.38. The third-order valence-corrected chi connectivity index (χ3v) is 6.30. The van der Waals surface area contributed by atoms with Gasteiger partial charge in [0.1, 0.15) is 23.7 Å². The fourth-order valence-electron chi connectivity index (χ4n) is 4.25. The number of methoxy groups -OCH3 is 1. The van der Waals surface area contributed by atoms with E-state index in [1.807, 2.05) is 30.3 Å². The van der Waals surface area contributed by atoms with E-state index < -0.39 is 47.6 Å². The lowest BCUT2D eigenvalue weighted by Gasteiger charge is -2.34. The Morgan fingerprint density at radius 3 is 2.37 bits per heavy atom. The zero-order valence-corrected chi connectivity index (χ0v) is 23.1. The molecule has 11 nitrogen and oxygen atoms in total. The second-order valence-corrected chi connectivity index (χ2v) is 10.3. The van der Waals surface area contributed by atoms with Crippen molar-refractivity contribution in [3.63, 3.8) is 0 Å². The maximum Gasteiger partial charge on any atom is 0.410 e. The van der Waals surface area contributed by atoms with Gasteiger partial charge in [0.2, 0.25) is 17.7 Å². The number of likely N-dealkylation sites (tertiary alicyclic amines) is 1. The minimum Gasteiger partial charge on any atom is -0.467 e. The molecule has 1 aromatic carbocycles. The molecule has 0 bridgehead atoms. The van der Waals surface area contributed by atoms with Gasteiger partial charge in [-0.25, -0.2) is 9.59 Å². The third kappa shape index (κ3) is 8.74. The normalized spacial score (nSPS) is 16.7. The summed E-state index contributed by atoms with van der Waals surface area (Å²) in [6, 6.07) is 6.34. The topological polar surface area (TPSA) is 134 Å². The second-order valence-electron chi connectivity index (χ2n) is 10.3. The van der Waals surface area contributed by atoms with Crippen LogP contribution in [0.1, 0.15) is 52.0 Å². The number of amides is 4. The van der Waals surface area contributed by atoms with E-state index in [0.29, 0.717) is 19.4 Å². The Hall–Kier alpha value is -3.63. The van der Waals surface area contributed by atoms with Crippen LogP contribution < -0.4 is 10.6 Å². The van der Waals surface area contributed by atoms with Gasteiger partial charge in [-0.05, 0) is 45.6 Å². The summed E-state index contributed by atoms with van der Waals surface area (Å²) < 4.78 is 10.3. The molecule has 0 radical (unpaired) electrons. The van der Waals surface area contributed by atoms with Crippen molar-refractivity contribution in [1.82, 2.24) is 20.4 Å². The highest BCUT2D eigenvalue weighted by atomic mass is 16.6. The van der Waals surface area contributed by atoms with Gasteiger partial charge in [-0.1, -0.05) is 30.3 Å². The molecular formula is C27H40N4O7. The summed E-state index contributed by atoms with van der Waals surface area (Å²) >= 11 is 0. The molecule has 38 heavy (non-hydrogen) atoms. The Labute approximate surface area is 224 Å². The van der Waals surface area contributed by atoms with Crippen molar-refractivity contribution in [2.24, 2.45) is 0 Å². The van der Waals surface area contributed by atoms with Crippen LogP contribution in [-0.4, -0.2) is 91.1 Å². The van der Waals surface area contributed by atoms with Crippen molar-refractivity contribution in [3.05, 3.63) is 35.9 Å². The number of carbonyl (C=O) groups is 5. The summed E-state index contributed by atoms with van der Waals surface area (Å²) in [6.07, 6.45) is 0.704. The lowest BCUT2D eigenvalue weighted by molar-refractivity contribution is -0.147. The first-order valence-electron chi connectivity index (χ1n) is 12.8. The van der Waals surface area contributed by atoms with E-state index >= 15 is 0 Å². The third-order valence-electron chi connectivity index (χ3n) is 6.30. The summed E-state index contributed by atoms with van der Waals surface area (Å²) in [5.74, 6) is -1.95. The van der Waals surface area contributed by atoms with Gasteiger partial charge >= 0.3 is 12.1 Å². The maximum absolute atomic E-state index is 13.6.